The molecule has 14 heavy (non-hydrogen) atoms. The molecule has 0 amide bonds. The fourth-order valence-corrected chi connectivity index (χ4v) is 1.60. The highest BCUT2D eigenvalue weighted by Gasteiger charge is 2.00. The van der Waals surface area contributed by atoms with E-state index in [-0.39, 0.29) is 0 Å². The predicted octanol–water partition coefficient (Wildman–Crippen LogP) is 2.66. The maximum absolute atomic E-state index is 5.64. The lowest BCUT2D eigenvalue weighted by molar-refractivity contribution is 0.657. The van der Waals surface area contributed by atoms with Crippen LogP contribution in [0.15, 0.2) is 18.3 Å². The first-order valence-corrected chi connectivity index (χ1v) is 5.51. The molecule has 1 rings (SSSR count). The third-order valence-electron chi connectivity index (χ3n) is 2.47. The van der Waals surface area contributed by atoms with Crippen LogP contribution in [0.5, 0.6) is 0 Å². The van der Waals surface area contributed by atoms with Gasteiger partial charge in [0, 0.05) is 18.4 Å². The molecule has 0 saturated heterocycles. The zero-order valence-corrected chi connectivity index (χ0v) is 9.00. The smallest absolute Gasteiger partial charge is 0.0448 e. The average molecular weight is 192 g/mol. The monoisotopic (exact) mass is 192 g/mol. The molecular weight excluding hydrogens is 172 g/mol. The molecule has 2 heteroatoms. The van der Waals surface area contributed by atoms with Gasteiger partial charge in [-0.15, -0.1) is 0 Å². The molecule has 0 fully saturated rings. The van der Waals surface area contributed by atoms with Crippen LogP contribution in [-0.4, -0.2) is 4.98 Å². The van der Waals surface area contributed by atoms with Crippen LogP contribution in [0.2, 0.25) is 0 Å². The van der Waals surface area contributed by atoms with Crippen molar-refractivity contribution in [2.75, 3.05) is 0 Å². The van der Waals surface area contributed by atoms with E-state index in [0.29, 0.717) is 6.54 Å². The first-order valence-electron chi connectivity index (χ1n) is 5.51. The molecule has 1 aromatic rings. The van der Waals surface area contributed by atoms with E-state index in [1.54, 1.807) is 0 Å². The van der Waals surface area contributed by atoms with Crippen molar-refractivity contribution in [2.24, 2.45) is 5.73 Å². The maximum atomic E-state index is 5.64. The van der Waals surface area contributed by atoms with E-state index in [0.717, 1.165) is 6.42 Å². The molecule has 0 atom stereocenters. The van der Waals surface area contributed by atoms with Gasteiger partial charge >= 0.3 is 0 Å². The summed E-state index contributed by atoms with van der Waals surface area (Å²) in [5, 5.41) is 0. The Labute approximate surface area is 86.5 Å². The summed E-state index contributed by atoms with van der Waals surface area (Å²) in [7, 11) is 0. The second-order valence-corrected chi connectivity index (χ2v) is 3.62. The van der Waals surface area contributed by atoms with Gasteiger partial charge in [-0.2, -0.15) is 0 Å². The van der Waals surface area contributed by atoms with E-state index in [2.05, 4.69) is 18.0 Å². The molecule has 0 aliphatic carbocycles. The van der Waals surface area contributed by atoms with Crippen LogP contribution < -0.4 is 5.73 Å². The number of nitrogens with zero attached hydrogens (tertiary/aromatic N) is 1. The SMILES string of the molecule is CCCCCCc1ncccc1CN. The topological polar surface area (TPSA) is 38.9 Å². The van der Waals surface area contributed by atoms with Gasteiger partial charge < -0.3 is 5.73 Å². The Morgan fingerprint density at radius 1 is 1.29 bits per heavy atom. The molecule has 1 aromatic heterocycles. The fourth-order valence-electron chi connectivity index (χ4n) is 1.60. The van der Waals surface area contributed by atoms with Crippen LogP contribution in [-0.2, 0) is 13.0 Å². The number of hydrogen-bond donors (Lipinski definition) is 1. The first-order chi connectivity index (χ1) is 6.88. The van der Waals surface area contributed by atoms with E-state index in [1.165, 1.54) is 36.9 Å². The van der Waals surface area contributed by atoms with Gasteiger partial charge in [-0.25, -0.2) is 0 Å². The lowest BCUT2D eigenvalue weighted by Gasteiger charge is -2.05. The zero-order chi connectivity index (χ0) is 10.2. The molecule has 1 heterocycles. The van der Waals surface area contributed by atoms with Crippen molar-refractivity contribution in [3.63, 3.8) is 0 Å². The number of aromatic nitrogens is 1. The van der Waals surface area contributed by atoms with E-state index < -0.39 is 0 Å². The quantitative estimate of drug-likeness (QED) is 0.704. The summed E-state index contributed by atoms with van der Waals surface area (Å²) < 4.78 is 0. The number of nitrogens with two attached hydrogens (primary N) is 1. The third-order valence-corrected chi connectivity index (χ3v) is 2.47. The van der Waals surface area contributed by atoms with E-state index in [1.807, 2.05) is 12.3 Å². The summed E-state index contributed by atoms with van der Waals surface area (Å²) in [6.45, 7) is 2.84. The van der Waals surface area contributed by atoms with Gasteiger partial charge in [0.25, 0.3) is 0 Å². The molecular formula is C12H20N2. The largest absolute Gasteiger partial charge is 0.326 e. The average Bonchev–Trinajstić information content (AvgIpc) is 2.25. The fraction of sp³-hybridized carbons (Fsp3) is 0.583. The van der Waals surface area contributed by atoms with Gasteiger partial charge in [0.1, 0.15) is 0 Å². The van der Waals surface area contributed by atoms with Gasteiger partial charge in [-0.1, -0.05) is 32.3 Å². The highest BCUT2D eigenvalue weighted by Crippen LogP contribution is 2.09. The minimum atomic E-state index is 0.608. The third kappa shape index (κ3) is 3.46. The standard InChI is InChI=1S/C12H20N2/c1-2-3-4-5-8-12-11(10-13)7-6-9-14-12/h6-7,9H,2-5,8,10,13H2,1H3. The van der Waals surface area contributed by atoms with E-state index in [4.69, 9.17) is 5.73 Å². The van der Waals surface area contributed by atoms with Crippen molar-refractivity contribution < 1.29 is 0 Å². The van der Waals surface area contributed by atoms with Crippen LogP contribution in [0.25, 0.3) is 0 Å². The van der Waals surface area contributed by atoms with Gasteiger partial charge in [0.05, 0.1) is 0 Å². The molecule has 0 aromatic carbocycles. The van der Waals surface area contributed by atoms with E-state index in [9.17, 15) is 0 Å². The van der Waals surface area contributed by atoms with Crippen molar-refractivity contribution in [1.29, 1.82) is 0 Å². The van der Waals surface area contributed by atoms with Crippen molar-refractivity contribution in [1.82, 2.24) is 4.98 Å². The summed E-state index contributed by atoms with van der Waals surface area (Å²) in [6, 6.07) is 4.03. The van der Waals surface area contributed by atoms with Crippen LogP contribution in [0.1, 0.15) is 43.9 Å². The molecule has 0 radical (unpaired) electrons. The molecule has 0 unspecified atom stereocenters. The Morgan fingerprint density at radius 3 is 2.86 bits per heavy atom. The number of unbranched alkanes of at least 4 members (excludes halogenated alkanes) is 3. The Bertz CT molecular complexity index is 258. The zero-order valence-electron chi connectivity index (χ0n) is 9.00. The minimum Gasteiger partial charge on any atom is -0.326 e. The lowest BCUT2D eigenvalue weighted by Crippen LogP contribution is -2.03. The summed E-state index contributed by atoms with van der Waals surface area (Å²) in [5.41, 5.74) is 8.03. The Morgan fingerprint density at radius 2 is 2.14 bits per heavy atom. The maximum Gasteiger partial charge on any atom is 0.0448 e. The predicted molar refractivity (Wildman–Crippen MR) is 60.0 cm³/mol. The summed E-state index contributed by atoms with van der Waals surface area (Å²) >= 11 is 0. The van der Waals surface area contributed by atoms with Gasteiger partial charge in [0.15, 0.2) is 0 Å². The normalized spacial score (nSPS) is 10.4. The van der Waals surface area contributed by atoms with E-state index >= 15 is 0 Å². The number of aryl methyl sites for hydroxylation is 1. The van der Waals surface area contributed by atoms with Crippen molar-refractivity contribution >= 4 is 0 Å². The van der Waals surface area contributed by atoms with Gasteiger partial charge in [0.2, 0.25) is 0 Å². The highest BCUT2D eigenvalue weighted by molar-refractivity contribution is 5.19. The molecule has 0 aliphatic heterocycles. The molecule has 0 bridgehead atoms. The van der Waals surface area contributed by atoms with Gasteiger partial charge in [-0.05, 0) is 24.5 Å². The first kappa shape index (κ1) is 11.2. The number of hydrogen-bond acceptors (Lipinski definition) is 2. The Hall–Kier alpha value is -0.890. The second-order valence-electron chi connectivity index (χ2n) is 3.62. The lowest BCUT2D eigenvalue weighted by atomic mass is 10.1. The molecule has 0 spiro atoms. The van der Waals surface area contributed by atoms with Crippen molar-refractivity contribution in [3.05, 3.63) is 29.6 Å². The number of pyridine rings is 1. The number of rotatable bonds is 6. The Kier molecular flexibility index (Phi) is 5.23. The van der Waals surface area contributed by atoms with Crippen LogP contribution in [0, 0.1) is 0 Å². The van der Waals surface area contributed by atoms with Crippen LogP contribution in [0.4, 0.5) is 0 Å². The Balaban J connectivity index is 2.41. The van der Waals surface area contributed by atoms with Crippen molar-refractivity contribution in [3.8, 4) is 0 Å². The molecule has 0 saturated carbocycles. The molecule has 2 nitrogen and oxygen atoms in total. The van der Waals surface area contributed by atoms with Crippen molar-refractivity contribution in [2.45, 2.75) is 45.6 Å². The minimum absolute atomic E-state index is 0.608. The van der Waals surface area contributed by atoms with Crippen LogP contribution >= 0.6 is 0 Å². The molecule has 0 aliphatic rings. The molecule has 78 valence electrons. The van der Waals surface area contributed by atoms with Gasteiger partial charge in [-0.3, -0.25) is 4.98 Å². The summed E-state index contributed by atoms with van der Waals surface area (Å²) in [6.07, 6.45) is 8.08. The molecule has 2 N–H and O–H groups in total. The highest BCUT2D eigenvalue weighted by atomic mass is 14.7. The summed E-state index contributed by atoms with van der Waals surface area (Å²) in [5.74, 6) is 0. The second kappa shape index (κ2) is 6.55. The summed E-state index contributed by atoms with van der Waals surface area (Å²) in [4.78, 5) is 4.37. The van der Waals surface area contributed by atoms with Crippen LogP contribution in [0.3, 0.4) is 0 Å².